The van der Waals surface area contributed by atoms with Gasteiger partial charge in [0, 0.05) is 0 Å². The summed E-state index contributed by atoms with van der Waals surface area (Å²) < 4.78 is 0.369. The maximum atomic E-state index is 10.1. The second kappa shape index (κ2) is 10.5. The Balaban J connectivity index is 5.23. The first-order chi connectivity index (χ1) is 9.82. The summed E-state index contributed by atoms with van der Waals surface area (Å²) in [6, 6.07) is 0. The molecule has 21 heavy (non-hydrogen) atoms. The van der Waals surface area contributed by atoms with E-state index in [4.69, 9.17) is 0 Å². The van der Waals surface area contributed by atoms with Crippen molar-refractivity contribution in [3.8, 4) is 0 Å². The maximum absolute atomic E-state index is 10.1. The van der Waals surface area contributed by atoms with Gasteiger partial charge in [-0.25, -0.2) is 0 Å². The Kier molecular flexibility index (Phi) is 10.4. The van der Waals surface area contributed by atoms with Crippen LogP contribution in [-0.4, -0.2) is 75.5 Å². The molecule has 0 saturated carbocycles. The molecule has 0 aromatic carbocycles. The summed E-state index contributed by atoms with van der Waals surface area (Å²) >= 11 is 0. The minimum Gasteiger partial charge on any atom is -0.387 e. The summed E-state index contributed by atoms with van der Waals surface area (Å²) in [5.41, 5.74) is 0. The molecule has 4 N–H and O–H groups in total. The van der Waals surface area contributed by atoms with Gasteiger partial charge in [-0.3, -0.25) is 0 Å². The molecular weight excluding hydrogens is 270 g/mol. The van der Waals surface area contributed by atoms with E-state index in [1.54, 1.807) is 0 Å². The van der Waals surface area contributed by atoms with Gasteiger partial charge in [0.15, 0.2) is 0 Å². The minimum absolute atomic E-state index is 0.369. The first kappa shape index (κ1) is 20.8. The third-order valence-electron chi connectivity index (χ3n) is 4.28. The molecule has 0 bridgehead atoms. The maximum Gasteiger partial charge on any atom is 0.105 e. The standard InChI is InChI=1S/C16H36NO4/c1-5-13(18)9-17(10-14(19)6-2,11-15(20)7-3)12-16(21)8-4/h13-16,18-21H,5-12H2,1-4H3/q+1. The summed E-state index contributed by atoms with van der Waals surface area (Å²) in [4.78, 5) is 0. The molecule has 5 nitrogen and oxygen atoms in total. The van der Waals surface area contributed by atoms with Crippen LogP contribution in [0.2, 0.25) is 0 Å². The normalized spacial score (nSPS) is 20.6. The van der Waals surface area contributed by atoms with Gasteiger partial charge in [-0.15, -0.1) is 0 Å². The Morgan fingerprint density at radius 3 is 0.857 bits per heavy atom. The van der Waals surface area contributed by atoms with Gasteiger partial charge in [-0.2, -0.15) is 0 Å². The molecule has 0 aromatic rings. The molecular formula is C16H36NO4+. The van der Waals surface area contributed by atoms with Gasteiger partial charge in [-0.1, -0.05) is 27.7 Å². The van der Waals surface area contributed by atoms with E-state index in [1.165, 1.54) is 0 Å². The summed E-state index contributed by atoms with van der Waals surface area (Å²) in [6.45, 7) is 9.51. The lowest BCUT2D eigenvalue weighted by molar-refractivity contribution is -0.939. The number of hydrogen-bond donors (Lipinski definition) is 4. The van der Waals surface area contributed by atoms with E-state index in [0.29, 0.717) is 56.3 Å². The van der Waals surface area contributed by atoms with E-state index in [9.17, 15) is 20.4 Å². The zero-order chi connectivity index (χ0) is 16.5. The van der Waals surface area contributed by atoms with Gasteiger partial charge in [0.1, 0.15) is 50.6 Å². The molecule has 0 aliphatic carbocycles. The molecule has 0 aliphatic rings. The van der Waals surface area contributed by atoms with E-state index in [-0.39, 0.29) is 0 Å². The molecule has 128 valence electrons. The Hall–Kier alpha value is -0.200. The molecule has 0 aliphatic heterocycles. The predicted molar refractivity (Wildman–Crippen MR) is 84.9 cm³/mol. The van der Waals surface area contributed by atoms with Gasteiger partial charge in [0.2, 0.25) is 0 Å². The van der Waals surface area contributed by atoms with Crippen molar-refractivity contribution in [2.75, 3.05) is 26.2 Å². The number of aliphatic hydroxyl groups excluding tert-OH is 4. The van der Waals surface area contributed by atoms with Crippen molar-refractivity contribution in [1.82, 2.24) is 0 Å². The minimum atomic E-state index is -0.484. The van der Waals surface area contributed by atoms with Crippen molar-refractivity contribution in [3.63, 3.8) is 0 Å². The van der Waals surface area contributed by atoms with E-state index in [2.05, 4.69) is 0 Å². The van der Waals surface area contributed by atoms with Crippen LogP contribution >= 0.6 is 0 Å². The number of rotatable bonds is 12. The van der Waals surface area contributed by atoms with Crippen molar-refractivity contribution in [1.29, 1.82) is 0 Å². The van der Waals surface area contributed by atoms with Crippen molar-refractivity contribution in [3.05, 3.63) is 0 Å². The van der Waals surface area contributed by atoms with Crippen molar-refractivity contribution < 1.29 is 24.9 Å². The quantitative estimate of drug-likeness (QED) is 0.404. The van der Waals surface area contributed by atoms with Gasteiger partial charge in [-0.05, 0) is 25.7 Å². The summed E-state index contributed by atoms with van der Waals surface area (Å²) in [6.07, 6.45) is 0.590. The van der Waals surface area contributed by atoms with Crippen LogP contribution in [0, 0.1) is 0 Å². The topological polar surface area (TPSA) is 80.9 Å². The summed E-state index contributed by atoms with van der Waals surface area (Å²) in [5.74, 6) is 0. The molecule has 0 radical (unpaired) electrons. The van der Waals surface area contributed by atoms with Crippen LogP contribution in [0.1, 0.15) is 53.4 Å². The fourth-order valence-corrected chi connectivity index (χ4v) is 2.75. The van der Waals surface area contributed by atoms with Gasteiger partial charge in [0.25, 0.3) is 0 Å². The van der Waals surface area contributed by atoms with E-state index in [0.717, 1.165) is 0 Å². The Morgan fingerprint density at radius 1 is 0.524 bits per heavy atom. The Morgan fingerprint density at radius 2 is 0.714 bits per heavy atom. The molecule has 0 saturated heterocycles. The fourth-order valence-electron chi connectivity index (χ4n) is 2.75. The predicted octanol–water partition coefficient (Wildman–Crippen LogP) is 0.887. The highest BCUT2D eigenvalue weighted by Crippen LogP contribution is 2.18. The number of quaternary nitrogens is 1. The Labute approximate surface area is 129 Å². The molecule has 0 fully saturated rings. The van der Waals surface area contributed by atoms with E-state index in [1.807, 2.05) is 27.7 Å². The first-order valence-electron chi connectivity index (χ1n) is 8.39. The van der Waals surface area contributed by atoms with Gasteiger partial charge in [0.05, 0.1) is 0 Å². The highest BCUT2D eigenvalue weighted by atomic mass is 16.3. The van der Waals surface area contributed by atoms with Crippen molar-refractivity contribution in [2.45, 2.75) is 77.8 Å². The monoisotopic (exact) mass is 306 g/mol. The summed E-state index contributed by atoms with van der Waals surface area (Å²) in [7, 11) is 0. The second-order valence-electron chi connectivity index (χ2n) is 6.32. The van der Waals surface area contributed by atoms with Gasteiger partial charge >= 0.3 is 0 Å². The van der Waals surface area contributed by atoms with Crippen molar-refractivity contribution >= 4 is 0 Å². The van der Waals surface area contributed by atoms with Crippen LogP contribution in [0.5, 0.6) is 0 Å². The molecule has 5 heteroatoms. The van der Waals surface area contributed by atoms with Crippen LogP contribution in [0.25, 0.3) is 0 Å². The molecule has 0 aromatic heterocycles. The van der Waals surface area contributed by atoms with E-state index >= 15 is 0 Å². The molecule has 0 amide bonds. The average Bonchev–Trinajstić information content (AvgIpc) is 2.46. The zero-order valence-electron chi connectivity index (χ0n) is 14.2. The van der Waals surface area contributed by atoms with Crippen LogP contribution in [0.3, 0.4) is 0 Å². The zero-order valence-corrected chi connectivity index (χ0v) is 14.2. The van der Waals surface area contributed by atoms with Crippen LogP contribution < -0.4 is 0 Å². The van der Waals surface area contributed by atoms with Crippen LogP contribution in [-0.2, 0) is 0 Å². The smallest absolute Gasteiger partial charge is 0.105 e. The molecule has 4 atom stereocenters. The summed E-state index contributed by atoms with van der Waals surface area (Å²) in [5, 5.41) is 40.4. The largest absolute Gasteiger partial charge is 0.387 e. The SMILES string of the molecule is CCC(O)C[N+](CC(O)CC)(CC(O)CC)CC(O)CC. The third-order valence-corrected chi connectivity index (χ3v) is 4.28. The highest BCUT2D eigenvalue weighted by molar-refractivity contribution is 4.65. The number of nitrogens with zero attached hydrogens (tertiary/aromatic N) is 1. The number of hydrogen-bond acceptors (Lipinski definition) is 4. The second-order valence-corrected chi connectivity index (χ2v) is 6.32. The first-order valence-corrected chi connectivity index (χ1v) is 8.39. The Bertz CT molecular complexity index is 209. The lowest BCUT2D eigenvalue weighted by Crippen LogP contribution is -2.61. The van der Waals surface area contributed by atoms with Crippen LogP contribution in [0.15, 0.2) is 0 Å². The fraction of sp³-hybridized carbons (Fsp3) is 1.00. The molecule has 4 unspecified atom stereocenters. The third kappa shape index (κ3) is 8.12. The van der Waals surface area contributed by atoms with Crippen molar-refractivity contribution in [2.24, 2.45) is 0 Å². The highest BCUT2D eigenvalue weighted by Gasteiger charge is 2.35. The van der Waals surface area contributed by atoms with Gasteiger partial charge < -0.3 is 24.9 Å². The molecule has 0 rings (SSSR count). The lowest BCUT2D eigenvalue weighted by Gasteiger charge is -2.43. The number of aliphatic hydroxyl groups is 4. The molecule has 0 spiro atoms. The molecule has 0 heterocycles. The van der Waals surface area contributed by atoms with Crippen LogP contribution in [0.4, 0.5) is 0 Å². The average molecular weight is 306 g/mol. The lowest BCUT2D eigenvalue weighted by atomic mass is 10.1. The van der Waals surface area contributed by atoms with E-state index < -0.39 is 24.4 Å².